The van der Waals surface area contributed by atoms with Gasteiger partial charge in [-0.05, 0) is 13.8 Å². The van der Waals surface area contributed by atoms with Gasteiger partial charge in [-0.3, -0.25) is 0 Å². The number of urea groups is 1. The van der Waals surface area contributed by atoms with Crippen LogP contribution in [0.15, 0.2) is 5.38 Å². The Labute approximate surface area is 130 Å². The number of hydrogen-bond donors (Lipinski definition) is 1. The highest BCUT2D eigenvalue weighted by Gasteiger charge is 2.26. The van der Waals surface area contributed by atoms with Crippen LogP contribution >= 0.6 is 11.3 Å². The molecule has 2 heterocycles. The normalized spacial score (nSPS) is 23.2. The summed E-state index contributed by atoms with van der Waals surface area (Å²) in [7, 11) is 0. The van der Waals surface area contributed by atoms with Gasteiger partial charge >= 0.3 is 6.03 Å². The zero-order chi connectivity index (χ0) is 15.6. The van der Waals surface area contributed by atoms with Crippen LogP contribution in [0, 0.1) is 0 Å². The van der Waals surface area contributed by atoms with Crippen LogP contribution in [0.25, 0.3) is 0 Å². The van der Waals surface area contributed by atoms with Crippen molar-refractivity contribution in [2.75, 3.05) is 13.1 Å². The van der Waals surface area contributed by atoms with E-state index in [1.807, 2.05) is 24.1 Å². The van der Waals surface area contributed by atoms with Gasteiger partial charge in [-0.25, -0.2) is 9.78 Å². The molecule has 0 aliphatic carbocycles. The van der Waals surface area contributed by atoms with Gasteiger partial charge in [0.2, 0.25) is 0 Å². The maximum Gasteiger partial charge on any atom is 0.317 e. The monoisotopic (exact) mass is 311 g/mol. The van der Waals surface area contributed by atoms with Crippen molar-refractivity contribution in [2.24, 2.45) is 0 Å². The molecule has 0 radical (unpaired) electrons. The van der Waals surface area contributed by atoms with Crippen LogP contribution in [0.1, 0.15) is 45.3 Å². The maximum absolute atomic E-state index is 12.2. The summed E-state index contributed by atoms with van der Waals surface area (Å²) in [5.41, 5.74) is 0.981. The van der Waals surface area contributed by atoms with Crippen LogP contribution in [0.4, 0.5) is 4.79 Å². The number of amides is 2. The lowest BCUT2D eigenvalue weighted by atomic mass is 9.98. The summed E-state index contributed by atoms with van der Waals surface area (Å²) in [6, 6.07) is -0.0395. The van der Waals surface area contributed by atoms with Gasteiger partial charge in [-0.1, -0.05) is 20.8 Å². The molecule has 1 fully saturated rings. The molecule has 0 aromatic carbocycles. The SMILES string of the molecule is CC1CN(C(=O)NCc2csc(C(C)(C)C)n2)CC(C)O1. The van der Waals surface area contributed by atoms with E-state index in [9.17, 15) is 4.79 Å². The quantitative estimate of drug-likeness (QED) is 0.913. The molecular formula is C15H25N3O2S. The van der Waals surface area contributed by atoms with Crippen molar-refractivity contribution in [3.05, 3.63) is 16.1 Å². The molecule has 21 heavy (non-hydrogen) atoms. The van der Waals surface area contributed by atoms with E-state index in [1.165, 1.54) is 0 Å². The van der Waals surface area contributed by atoms with E-state index in [4.69, 9.17) is 4.74 Å². The zero-order valence-corrected chi connectivity index (χ0v) is 14.3. The molecule has 0 spiro atoms. The Morgan fingerprint density at radius 2 is 2.05 bits per heavy atom. The smallest absolute Gasteiger partial charge is 0.317 e. The third-order valence-corrected chi connectivity index (χ3v) is 4.64. The van der Waals surface area contributed by atoms with Crippen molar-refractivity contribution in [1.29, 1.82) is 0 Å². The van der Waals surface area contributed by atoms with Gasteiger partial charge in [0.1, 0.15) is 0 Å². The van der Waals surface area contributed by atoms with Crippen LogP contribution < -0.4 is 5.32 Å². The minimum Gasteiger partial charge on any atom is -0.372 e. The number of ether oxygens (including phenoxy) is 1. The Hall–Kier alpha value is -1.14. The summed E-state index contributed by atoms with van der Waals surface area (Å²) < 4.78 is 5.64. The molecule has 118 valence electrons. The number of carbonyl (C=O) groups excluding carboxylic acids is 1. The molecule has 2 atom stereocenters. The first-order valence-electron chi connectivity index (χ1n) is 7.39. The number of hydrogen-bond acceptors (Lipinski definition) is 4. The maximum atomic E-state index is 12.2. The lowest BCUT2D eigenvalue weighted by Crippen LogP contribution is -2.51. The Balaban J connectivity index is 1.88. The summed E-state index contributed by atoms with van der Waals surface area (Å²) in [4.78, 5) is 18.6. The van der Waals surface area contributed by atoms with Gasteiger partial charge < -0.3 is 15.0 Å². The van der Waals surface area contributed by atoms with E-state index in [0.29, 0.717) is 19.6 Å². The highest BCUT2D eigenvalue weighted by atomic mass is 32.1. The number of morpholine rings is 1. The molecule has 2 rings (SSSR count). The van der Waals surface area contributed by atoms with Crippen LogP contribution in [-0.2, 0) is 16.7 Å². The molecular weight excluding hydrogens is 286 g/mol. The first kappa shape index (κ1) is 16.2. The van der Waals surface area contributed by atoms with Gasteiger partial charge in [0.25, 0.3) is 0 Å². The standard InChI is InChI=1S/C15H25N3O2S/c1-10-7-18(8-11(2)20-10)14(19)16-6-12-9-21-13(17-12)15(3,4)5/h9-11H,6-8H2,1-5H3,(H,16,19). The summed E-state index contributed by atoms with van der Waals surface area (Å²) in [5, 5.41) is 6.07. The first-order chi connectivity index (χ1) is 9.75. The predicted octanol–water partition coefficient (Wildman–Crippen LogP) is 2.76. The molecule has 2 amide bonds. The minimum absolute atomic E-state index is 0.0395. The largest absolute Gasteiger partial charge is 0.372 e. The topological polar surface area (TPSA) is 54.5 Å². The second kappa shape index (κ2) is 6.32. The molecule has 0 saturated carbocycles. The van der Waals surface area contributed by atoms with Crippen LogP contribution in [-0.4, -0.2) is 41.2 Å². The highest BCUT2D eigenvalue weighted by Crippen LogP contribution is 2.25. The van der Waals surface area contributed by atoms with Gasteiger partial charge in [-0.2, -0.15) is 0 Å². The summed E-state index contributed by atoms with van der Waals surface area (Å²) in [6.07, 6.45) is 0.178. The molecule has 1 aromatic heterocycles. The number of rotatable bonds is 2. The van der Waals surface area contributed by atoms with Crippen LogP contribution in [0.3, 0.4) is 0 Å². The average molecular weight is 311 g/mol. The number of aromatic nitrogens is 1. The number of carbonyl (C=O) groups is 1. The number of nitrogens with one attached hydrogen (secondary N) is 1. The molecule has 1 aliphatic heterocycles. The third kappa shape index (κ3) is 4.41. The van der Waals surface area contributed by atoms with Gasteiger partial charge in [-0.15, -0.1) is 11.3 Å². The van der Waals surface area contributed by atoms with Crippen LogP contribution in [0.5, 0.6) is 0 Å². The Kier molecular flexibility index (Phi) is 4.88. The van der Waals surface area contributed by atoms with Crippen molar-refractivity contribution >= 4 is 17.4 Å². The van der Waals surface area contributed by atoms with E-state index < -0.39 is 0 Å². The Bertz CT molecular complexity index is 485. The van der Waals surface area contributed by atoms with E-state index in [0.717, 1.165) is 10.7 Å². The molecule has 1 saturated heterocycles. The van der Waals surface area contributed by atoms with Gasteiger partial charge in [0, 0.05) is 23.9 Å². The molecule has 1 N–H and O–H groups in total. The fraction of sp³-hybridized carbons (Fsp3) is 0.733. The van der Waals surface area contributed by atoms with Gasteiger partial charge in [0.15, 0.2) is 0 Å². The molecule has 0 bridgehead atoms. The van der Waals surface area contributed by atoms with E-state index in [2.05, 4.69) is 31.1 Å². The fourth-order valence-corrected chi connectivity index (χ4v) is 3.26. The second-order valence-corrected chi connectivity index (χ2v) is 7.57. The van der Waals surface area contributed by atoms with Crippen molar-refractivity contribution in [3.8, 4) is 0 Å². The Morgan fingerprint density at radius 1 is 1.43 bits per heavy atom. The predicted molar refractivity (Wildman–Crippen MR) is 84.6 cm³/mol. The lowest BCUT2D eigenvalue weighted by Gasteiger charge is -2.35. The zero-order valence-electron chi connectivity index (χ0n) is 13.5. The van der Waals surface area contributed by atoms with Crippen LogP contribution in [0.2, 0.25) is 0 Å². The van der Waals surface area contributed by atoms with Crippen molar-refractivity contribution in [2.45, 2.75) is 58.8 Å². The Morgan fingerprint density at radius 3 is 2.57 bits per heavy atom. The minimum atomic E-state index is -0.0395. The van der Waals surface area contributed by atoms with E-state index in [-0.39, 0.29) is 23.7 Å². The van der Waals surface area contributed by atoms with E-state index in [1.54, 1.807) is 11.3 Å². The molecule has 5 nitrogen and oxygen atoms in total. The summed E-state index contributed by atoms with van der Waals surface area (Å²) in [5.74, 6) is 0. The van der Waals surface area contributed by atoms with E-state index >= 15 is 0 Å². The summed E-state index contributed by atoms with van der Waals surface area (Å²) in [6.45, 7) is 12.2. The highest BCUT2D eigenvalue weighted by molar-refractivity contribution is 7.09. The third-order valence-electron chi connectivity index (χ3n) is 3.32. The molecule has 2 unspecified atom stereocenters. The van der Waals surface area contributed by atoms with Gasteiger partial charge in [0.05, 0.1) is 29.5 Å². The second-order valence-electron chi connectivity index (χ2n) is 6.72. The average Bonchev–Trinajstić information content (AvgIpc) is 2.83. The first-order valence-corrected chi connectivity index (χ1v) is 8.27. The number of thiazole rings is 1. The van der Waals surface area contributed by atoms with Crippen molar-refractivity contribution in [3.63, 3.8) is 0 Å². The number of nitrogens with zero attached hydrogens (tertiary/aromatic N) is 2. The van der Waals surface area contributed by atoms with Crippen molar-refractivity contribution < 1.29 is 9.53 Å². The fourth-order valence-electron chi connectivity index (χ4n) is 2.35. The summed E-state index contributed by atoms with van der Waals surface area (Å²) >= 11 is 1.65. The lowest BCUT2D eigenvalue weighted by molar-refractivity contribution is -0.0545. The molecule has 1 aliphatic rings. The van der Waals surface area contributed by atoms with Crippen molar-refractivity contribution in [1.82, 2.24) is 15.2 Å². The molecule has 1 aromatic rings. The molecule has 6 heteroatoms.